The topological polar surface area (TPSA) is 23.3 Å². The number of hydrogen-bond donors (Lipinski definition) is 0. The Labute approximate surface area is 83.1 Å². The van der Waals surface area contributed by atoms with E-state index in [9.17, 15) is 4.39 Å². The van der Waals surface area contributed by atoms with Gasteiger partial charge in [0.15, 0.2) is 0 Å². The van der Waals surface area contributed by atoms with Crippen LogP contribution in [0.1, 0.15) is 17.2 Å². The minimum Gasteiger partial charge on any atom is -0.383 e. The molecule has 0 saturated heterocycles. The van der Waals surface area contributed by atoms with Crippen molar-refractivity contribution in [2.24, 2.45) is 0 Å². The van der Waals surface area contributed by atoms with Crippen LogP contribution in [0, 0.1) is 5.82 Å². The van der Waals surface area contributed by atoms with E-state index in [1.807, 2.05) is 6.07 Å². The lowest BCUT2D eigenvalue weighted by atomic mass is 9.94. The molecule has 1 aromatic rings. The van der Waals surface area contributed by atoms with Crippen molar-refractivity contribution in [1.29, 1.82) is 0 Å². The van der Waals surface area contributed by atoms with Gasteiger partial charge in [0.1, 0.15) is 5.82 Å². The third-order valence-electron chi connectivity index (χ3n) is 2.55. The lowest BCUT2D eigenvalue weighted by molar-refractivity contribution is 0.162. The summed E-state index contributed by atoms with van der Waals surface area (Å²) >= 11 is 0. The third-order valence-corrected chi connectivity index (χ3v) is 2.55. The maximum atomic E-state index is 13.4. The fraction of sp³-hybridized carbons (Fsp3) is 0.455. The van der Waals surface area contributed by atoms with Crippen molar-refractivity contribution in [2.75, 3.05) is 20.3 Å². The van der Waals surface area contributed by atoms with E-state index in [1.54, 1.807) is 13.2 Å². The summed E-state index contributed by atoms with van der Waals surface area (Å²) in [6.07, 6.45) is 0.711. The molecule has 1 atom stereocenters. The van der Waals surface area contributed by atoms with Gasteiger partial charge in [-0.3, -0.25) is 0 Å². The number of ether oxygens (including phenoxy) is 1. The summed E-state index contributed by atoms with van der Waals surface area (Å²) in [6.45, 7) is 1.23. The van der Waals surface area contributed by atoms with Crippen LogP contribution in [0.4, 0.5) is 4.39 Å². The minimum absolute atomic E-state index is 0.0134. The van der Waals surface area contributed by atoms with Gasteiger partial charge in [-0.2, -0.15) is 0 Å². The van der Waals surface area contributed by atoms with Crippen molar-refractivity contribution in [3.8, 4) is 0 Å². The number of rotatable bonds is 2. The first-order valence-electron chi connectivity index (χ1n) is 4.75. The fourth-order valence-electron chi connectivity index (χ4n) is 1.88. The molecule has 0 bridgehead atoms. The second-order valence-corrected chi connectivity index (χ2v) is 3.43. The number of halogens is 1. The predicted molar refractivity (Wildman–Crippen MR) is 51.7 cm³/mol. The summed E-state index contributed by atoms with van der Waals surface area (Å²) in [5.74, 6) is -0.112. The highest BCUT2D eigenvalue weighted by Gasteiger charge is 2.22. The van der Waals surface area contributed by atoms with Gasteiger partial charge < -0.3 is 4.74 Å². The number of hydrogen-bond acceptors (Lipinski definition) is 1. The Morgan fingerprint density at radius 3 is 3.21 bits per heavy atom. The Balaban J connectivity index is 2.34. The lowest BCUT2D eigenvalue weighted by Gasteiger charge is -2.24. The normalized spacial score (nSPS) is 20.6. The number of methoxy groups -OCH3 is 1. The van der Waals surface area contributed by atoms with Crippen molar-refractivity contribution < 1.29 is 9.13 Å². The molecule has 1 aromatic carbocycles. The van der Waals surface area contributed by atoms with Crippen LogP contribution < -0.4 is 5.32 Å². The number of nitrogens with zero attached hydrogens (tertiary/aromatic N) is 1. The van der Waals surface area contributed by atoms with E-state index in [-0.39, 0.29) is 11.9 Å². The van der Waals surface area contributed by atoms with E-state index in [0.717, 1.165) is 11.1 Å². The van der Waals surface area contributed by atoms with E-state index in [0.29, 0.717) is 19.6 Å². The van der Waals surface area contributed by atoms with Gasteiger partial charge in [-0.05, 0) is 23.6 Å². The van der Waals surface area contributed by atoms with Crippen LogP contribution in [0.25, 0.3) is 0 Å². The zero-order chi connectivity index (χ0) is 9.97. The SMILES string of the molecule is COCC1[N]CCc2c(F)cccc21. The molecule has 3 heteroatoms. The monoisotopic (exact) mass is 194 g/mol. The molecule has 2 rings (SSSR count). The van der Waals surface area contributed by atoms with Gasteiger partial charge in [-0.1, -0.05) is 12.1 Å². The number of fused-ring (bicyclic) bond motifs is 1. The molecule has 1 aliphatic rings. The highest BCUT2D eigenvalue weighted by molar-refractivity contribution is 5.33. The second kappa shape index (κ2) is 4.07. The van der Waals surface area contributed by atoms with E-state index in [1.165, 1.54) is 6.07 Å². The van der Waals surface area contributed by atoms with Crippen LogP contribution in [0.3, 0.4) is 0 Å². The van der Waals surface area contributed by atoms with E-state index in [4.69, 9.17) is 4.74 Å². The predicted octanol–water partition coefficient (Wildman–Crippen LogP) is 1.67. The van der Waals surface area contributed by atoms with Gasteiger partial charge in [0.2, 0.25) is 0 Å². The molecule has 14 heavy (non-hydrogen) atoms. The van der Waals surface area contributed by atoms with Crippen molar-refractivity contribution in [3.63, 3.8) is 0 Å². The van der Waals surface area contributed by atoms with Gasteiger partial charge in [0, 0.05) is 13.7 Å². The Kier molecular flexibility index (Phi) is 2.79. The van der Waals surface area contributed by atoms with Crippen LogP contribution >= 0.6 is 0 Å². The quantitative estimate of drug-likeness (QED) is 0.702. The molecule has 1 heterocycles. The third kappa shape index (κ3) is 1.65. The standard InChI is InChI=1S/C11H13FNO/c1-14-7-11-9-3-2-4-10(12)8(9)5-6-13-11/h2-4,11H,5-7H2,1H3. The molecule has 1 aliphatic heterocycles. The average molecular weight is 194 g/mol. The zero-order valence-corrected chi connectivity index (χ0v) is 8.16. The molecule has 0 aliphatic carbocycles. The smallest absolute Gasteiger partial charge is 0.126 e. The Bertz CT molecular complexity index is 327. The van der Waals surface area contributed by atoms with Crippen molar-refractivity contribution in [3.05, 3.63) is 35.1 Å². The largest absolute Gasteiger partial charge is 0.383 e. The van der Waals surface area contributed by atoms with Gasteiger partial charge >= 0.3 is 0 Å². The molecule has 1 radical (unpaired) electrons. The van der Waals surface area contributed by atoms with Crippen molar-refractivity contribution >= 4 is 0 Å². The van der Waals surface area contributed by atoms with E-state index in [2.05, 4.69) is 5.32 Å². The first-order valence-corrected chi connectivity index (χ1v) is 4.75. The molecule has 0 aromatic heterocycles. The number of benzene rings is 1. The van der Waals surface area contributed by atoms with Gasteiger partial charge in [0.05, 0.1) is 12.6 Å². The summed E-state index contributed by atoms with van der Waals surface area (Å²) in [5.41, 5.74) is 1.79. The molecule has 2 nitrogen and oxygen atoms in total. The maximum Gasteiger partial charge on any atom is 0.126 e. The summed E-state index contributed by atoms with van der Waals surface area (Å²) in [6, 6.07) is 5.19. The Morgan fingerprint density at radius 2 is 2.43 bits per heavy atom. The van der Waals surface area contributed by atoms with Gasteiger partial charge in [-0.25, -0.2) is 9.71 Å². The Morgan fingerprint density at radius 1 is 1.57 bits per heavy atom. The summed E-state index contributed by atoms with van der Waals surface area (Å²) < 4.78 is 18.5. The summed E-state index contributed by atoms with van der Waals surface area (Å²) in [5, 5.41) is 4.41. The fourth-order valence-corrected chi connectivity index (χ4v) is 1.88. The van der Waals surface area contributed by atoms with Crippen molar-refractivity contribution in [2.45, 2.75) is 12.5 Å². The molecule has 0 N–H and O–H groups in total. The van der Waals surface area contributed by atoms with Crippen LogP contribution in [-0.4, -0.2) is 20.3 Å². The zero-order valence-electron chi connectivity index (χ0n) is 8.16. The van der Waals surface area contributed by atoms with Crippen LogP contribution in [0.2, 0.25) is 0 Å². The van der Waals surface area contributed by atoms with E-state index >= 15 is 0 Å². The molecule has 0 spiro atoms. The highest BCUT2D eigenvalue weighted by atomic mass is 19.1. The Hall–Kier alpha value is -0.930. The molecule has 1 unspecified atom stereocenters. The summed E-state index contributed by atoms with van der Waals surface area (Å²) in [7, 11) is 1.64. The maximum absolute atomic E-state index is 13.4. The molecular weight excluding hydrogens is 181 g/mol. The lowest BCUT2D eigenvalue weighted by Crippen LogP contribution is -2.27. The van der Waals surface area contributed by atoms with Crippen LogP contribution in [-0.2, 0) is 11.2 Å². The molecule has 75 valence electrons. The molecule has 0 saturated carbocycles. The van der Waals surface area contributed by atoms with Crippen molar-refractivity contribution in [1.82, 2.24) is 5.32 Å². The second-order valence-electron chi connectivity index (χ2n) is 3.43. The first kappa shape index (κ1) is 9.62. The highest BCUT2D eigenvalue weighted by Crippen LogP contribution is 2.25. The van der Waals surface area contributed by atoms with Gasteiger partial charge in [0.25, 0.3) is 0 Å². The van der Waals surface area contributed by atoms with Crippen LogP contribution in [0.15, 0.2) is 18.2 Å². The van der Waals surface area contributed by atoms with Gasteiger partial charge in [-0.15, -0.1) is 0 Å². The molecular formula is C11H13FNO. The molecule has 0 fully saturated rings. The summed E-state index contributed by atoms with van der Waals surface area (Å²) in [4.78, 5) is 0. The van der Waals surface area contributed by atoms with Crippen LogP contribution in [0.5, 0.6) is 0 Å². The van der Waals surface area contributed by atoms with E-state index < -0.39 is 0 Å². The average Bonchev–Trinajstić information content (AvgIpc) is 2.20. The first-order chi connectivity index (χ1) is 6.83. The minimum atomic E-state index is -0.112. The molecule has 0 amide bonds.